The topological polar surface area (TPSA) is 35.5 Å². The van der Waals surface area contributed by atoms with E-state index in [2.05, 4.69) is 13.8 Å². The molecule has 0 spiro atoms. The van der Waals surface area contributed by atoms with E-state index in [9.17, 15) is 4.79 Å². The Morgan fingerprint density at radius 2 is 1.83 bits per heavy atom. The van der Waals surface area contributed by atoms with Gasteiger partial charge < -0.3 is 9.47 Å². The van der Waals surface area contributed by atoms with Gasteiger partial charge in [0.2, 0.25) is 6.79 Å². The smallest absolute Gasteiger partial charge is 0.231 e. The molecule has 2 aromatic rings. The van der Waals surface area contributed by atoms with Gasteiger partial charge in [-0.1, -0.05) is 56.3 Å². The van der Waals surface area contributed by atoms with Gasteiger partial charge in [0, 0.05) is 12.0 Å². The maximum Gasteiger partial charge on any atom is 0.231 e. The van der Waals surface area contributed by atoms with Crippen LogP contribution in [0, 0.1) is 0 Å². The molecule has 0 saturated carbocycles. The van der Waals surface area contributed by atoms with Gasteiger partial charge in [0.25, 0.3) is 0 Å². The van der Waals surface area contributed by atoms with Crippen LogP contribution in [0.15, 0.2) is 48.5 Å². The van der Waals surface area contributed by atoms with Gasteiger partial charge in [-0.15, -0.1) is 0 Å². The molecule has 118 valence electrons. The van der Waals surface area contributed by atoms with Crippen molar-refractivity contribution in [3.8, 4) is 11.5 Å². The van der Waals surface area contributed by atoms with Crippen LogP contribution in [0.3, 0.4) is 0 Å². The van der Waals surface area contributed by atoms with Gasteiger partial charge in [-0.2, -0.15) is 0 Å². The summed E-state index contributed by atoms with van der Waals surface area (Å²) in [4.78, 5) is 12.2. The summed E-state index contributed by atoms with van der Waals surface area (Å²) in [5.41, 5.74) is 3.00. The van der Waals surface area contributed by atoms with Crippen LogP contribution < -0.4 is 9.47 Å². The van der Waals surface area contributed by atoms with Gasteiger partial charge in [-0.25, -0.2) is 0 Å². The van der Waals surface area contributed by atoms with E-state index in [1.54, 1.807) is 0 Å². The standard InChI is InChI=1S/C20H20O3/c1-14(2)16-7-9-17(10-8-16)18(21)5-3-4-15-6-11-19-20(12-15)23-13-22-19/h3-4,6-12,14H,5,13H2,1-2H3. The summed E-state index contributed by atoms with van der Waals surface area (Å²) in [6, 6.07) is 13.6. The lowest BCUT2D eigenvalue weighted by atomic mass is 9.99. The number of fused-ring (bicyclic) bond motifs is 1. The normalized spacial score (nSPS) is 13.0. The average molecular weight is 308 g/mol. The minimum atomic E-state index is 0.122. The third kappa shape index (κ3) is 3.62. The zero-order valence-corrected chi connectivity index (χ0v) is 13.4. The lowest BCUT2D eigenvalue weighted by Crippen LogP contribution is -1.97. The first-order valence-corrected chi connectivity index (χ1v) is 7.83. The first-order chi connectivity index (χ1) is 11.1. The zero-order chi connectivity index (χ0) is 16.2. The van der Waals surface area contributed by atoms with E-state index in [1.165, 1.54) is 5.56 Å². The second-order valence-corrected chi connectivity index (χ2v) is 5.92. The van der Waals surface area contributed by atoms with Crippen LogP contribution >= 0.6 is 0 Å². The van der Waals surface area contributed by atoms with E-state index in [-0.39, 0.29) is 12.6 Å². The second-order valence-electron chi connectivity index (χ2n) is 5.92. The molecule has 3 rings (SSSR count). The highest BCUT2D eigenvalue weighted by atomic mass is 16.7. The number of hydrogen-bond acceptors (Lipinski definition) is 3. The van der Waals surface area contributed by atoms with Crippen LogP contribution in [0.1, 0.15) is 47.7 Å². The number of carbonyl (C=O) groups is 1. The van der Waals surface area contributed by atoms with Crippen LogP contribution in [0.2, 0.25) is 0 Å². The summed E-state index contributed by atoms with van der Waals surface area (Å²) in [5.74, 6) is 2.12. The van der Waals surface area contributed by atoms with Crippen LogP contribution in [-0.2, 0) is 0 Å². The number of allylic oxidation sites excluding steroid dienone is 1. The van der Waals surface area contributed by atoms with E-state index in [0.29, 0.717) is 12.3 Å². The number of benzene rings is 2. The van der Waals surface area contributed by atoms with Crippen molar-refractivity contribution in [1.82, 2.24) is 0 Å². The molecule has 1 aliphatic heterocycles. The van der Waals surface area contributed by atoms with Crippen LogP contribution in [0.4, 0.5) is 0 Å². The molecule has 0 saturated heterocycles. The summed E-state index contributed by atoms with van der Waals surface area (Å²) in [6.07, 6.45) is 4.20. The molecule has 3 heteroatoms. The van der Waals surface area contributed by atoms with Crippen molar-refractivity contribution < 1.29 is 14.3 Å². The van der Waals surface area contributed by atoms with Gasteiger partial charge in [0.1, 0.15) is 0 Å². The summed E-state index contributed by atoms with van der Waals surface area (Å²) in [7, 11) is 0. The Hall–Kier alpha value is -2.55. The third-order valence-electron chi connectivity index (χ3n) is 3.91. The molecule has 0 amide bonds. The van der Waals surface area contributed by atoms with E-state index < -0.39 is 0 Å². The molecule has 2 aromatic carbocycles. The number of hydrogen-bond donors (Lipinski definition) is 0. The quantitative estimate of drug-likeness (QED) is 0.742. The third-order valence-corrected chi connectivity index (χ3v) is 3.91. The van der Waals surface area contributed by atoms with Crippen molar-refractivity contribution in [3.05, 3.63) is 65.2 Å². The van der Waals surface area contributed by atoms with E-state index in [0.717, 1.165) is 22.6 Å². The fraction of sp³-hybridized carbons (Fsp3) is 0.250. The van der Waals surface area contributed by atoms with E-state index in [4.69, 9.17) is 9.47 Å². The Kier molecular flexibility index (Phi) is 4.47. The van der Waals surface area contributed by atoms with Crippen LogP contribution in [-0.4, -0.2) is 12.6 Å². The highest BCUT2D eigenvalue weighted by Crippen LogP contribution is 2.32. The Labute approximate surface area is 136 Å². The number of carbonyl (C=O) groups excluding carboxylic acids is 1. The lowest BCUT2D eigenvalue weighted by molar-refractivity contribution is 0.0996. The van der Waals surface area contributed by atoms with E-state index >= 15 is 0 Å². The fourth-order valence-electron chi connectivity index (χ4n) is 2.49. The van der Waals surface area contributed by atoms with Crippen LogP contribution in [0.25, 0.3) is 6.08 Å². The molecular weight excluding hydrogens is 288 g/mol. The molecule has 0 radical (unpaired) electrons. The summed E-state index contributed by atoms with van der Waals surface area (Å²) in [5, 5.41) is 0. The highest BCUT2D eigenvalue weighted by molar-refractivity contribution is 5.97. The van der Waals surface area contributed by atoms with E-state index in [1.807, 2.05) is 54.6 Å². The monoisotopic (exact) mass is 308 g/mol. The molecule has 0 aromatic heterocycles. The van der Waals surface area contributed by atoms with Gasteiger partial charge in [0.05, 0.1) is 0 Å². The molecular formula is C20H20O3. The summed E-state index contributed by atoms with van der Waals surface area (Å²) >= 11 is 0. The first-order valence-electron chi connectivity index (χ1n) is 7.83. The number of ether oxygens (including phenoxy) is 2. The molecule has 0 bridgehead atoms. The van der Waals surface area contributed by atoms with Crippen molar-refractivity contribution >= 4 is 11.9 Å². The maximum absolute atomic E-state index is 12.2. The molecule has 0 atom stereocenters. The minimum Gasteiger partial charge on any atom is -0.454 e. The number of rotatable bonds is 5. The summed E-state index contributed by atoms with van der Waals surface area (Å²) < 4.78 is 10.6. The molecule has 23 heavy (non-hydrogen) atoms. The molecule has 0 N–H and O–H groups in total. The summed E-state index contributed by atoms with van der Waals surface area (Å²) in [6.45, 7) is 4.56. The van der Waals surface area contributed by atoms with Crippen molar-refractivity contribution in [2.75, 3.05) is 6.79 Å². The molecule has 3 nitrogen and oxygen atoms in total. The SMILES string of the molecule is CC(C)c1ccc(C(=O)CC=Cc2ccc3c(c2)OCO3)cc1. The minimum absolute atomic E-state index is 0.122. The Balaban J connectivity index is 1.62. The Bertz CT molecular complexity index is 727. The number of Topliss-reactive ketones (excluding diaryl/α,β-unsaturated/α-hetero) is 1. The second kappa shape index (κ2) is 6.69. The van der Waals surface area contributed by atoms with Gasteiger partial charge in [-0.3, -0.25) is 4.79 Å². The lowest BCUT2D eigenvalue weighted by Gasteiger charge is -2.05. The fourth-order valence-corrected chi connectivity index (χ4v) is 2.49. The van der Waals surface area contributed by atoms with Crippen molar-refractivity contribution in [3.63, 3.8) is 0 Å². The van der Waals surface area contributed by atoms with Gasteiger partial charge in [0.15, 0.2) is 17.3 Å². The largest absolute Gasteiger partial charge is 0.454 e. The Morgan fingerprint density at radius 3 is 2.57 bits per heavy atom. The Morgan fingerprint density at radius 1 is 1.09 bits per heavy atom. The predicted octanol–water partition coefficient (Wildman–Crippen LogP) is 4.82. The highest BCUT2D eigenvalue weighted by Gasteiger charge is 2.12. The van der Waals surface area contributed by atoms with Gasteiger partial charge >= 0.3 is 0 Å². The van der Waals surface area contributed by atoms with Crippen molar-refractivity contribution in [2.24, 2.45) is 0 Å². The molecule has 0 fully saturated rings. The maximum atomic E-state index is 12.2. The molecule has 0 unspecified atom stereocenters. The van der Waals surface area contributed by atoms with Crippen LogP contribution in [0.5, 0.6) is 11.5 Å². The van der Waals surface area contributed by atoms with Crippen molar-refractivity contribution in [2.45, 2.75) is 26.2 Å². The number of ketones is 1. The zero-order valence-electron chi connectivity index (χ0n) is 13.4. The molecule has 1 heterocycles. The average Bonchev–Trinajstić information content (AvgIpc) is 3.02. The predicted molar refractivity (Wildman–Crippen MR) is 91.1 cm³/mol. The van der Waals surface area contributed by atoms with Gasteiger partial charge in [-0.05, 0) is 29.2 Å². The molecule has 0 aliphatic carbocycles. The first kappa shape index (κ1) is 15.3. The van der Waals surface area contributed by atoms with Crippen molar-refractivity contribution in [1.29, 1.82) is 0 Å². The molecule has 1 aliphatic rings.